The minimum Gasteiger partial charge on any atom is -0.338 e. The van der Waals surface area contributed by atoms with E-state index in [0.717, 1.165) is 0 Å². The van der Waals surface area contributed by atoms with E-state index in [-0.39, 0.29) is 0 Å². The average molecular weight is 198 g/mol. The Kier molecular flexibility index (Phi) is 4.82. The summed E-state index contributed by atoms with van der Waals surface area (Å²) in [7, 11) is 0. The predicted octanol–water partition coefficient (Wildman–Crippen LogP) is 2.35. The van der Waals surface area contributed by atoms with E-state index < -0.39 is 0 Å². The van der Waals surface area contributed by atoms with Crippen molar-refractivity contribution < 1.29 is 19.6 Å². The molecule has 1 aromatic carbocycles. The Labute approximate surface area is 83.2 Å². The molecule has 0 aliphatic rings. The van der Waals surface area contributed by atoms with Crippen LogP contribution in [0.4, 0.5) is 0 Å². The summed E-state index contributed by atoms with van der Waals surface area (Å²) in [6, 6.07) is 6.96. The van der Waals surface area contributed by atoms with E-state index in [1.807, 2.05) is 13.8 Å². The first-order valence-corrected chi connectivity index (χ1v) is 4.55. The molecule has 0 amide bonds. The second-order valence-corrected chi connectivity index (χ2v) is 2.45. The minimum absolute atomic E-state index is 0.511. The topological polar surface area (TPSA) is 36.9 Å². The Bertz CT molecular complexity index is 218. The van der Waals surface area contributed by atoms with Gasteiger partial charge in [-0.25, -0.2) is 0 Å². The zero-order valence-corrected chi connectivity index (χ0v) is 8.36. The van der Waals surface area contributed by atoms with Crippen LogP contribution in [-0.2, 0) is 9.78 Å². The Morgan fingerprint density at radius 3 is 1.43 bits per heavy atom. The number of hydrogen-bond acceptors (Lipinski definition) is 4. The summed E-state index contributed by atoms with van der Waals surface area (Å²) in [5.74, 6) is 1.27. The maximum atomic E-state index is 4.92. The summed E-state index contributed by atoms with van der Waals surface area (Å²) < 4.78 is 0. The van der Waals surface area contributed by atoms with Crippen LogP contribution >= 0.6 is 0 Å². The lowest BCUT2D eigenvalue weighted by atomic mass is 10.3. The third kappa shape index (κ3) is 3.64. The van der Waals surface area contributed by atoms with E-state index in [2.05, 4.69) is 0 Å². The zero-order chi connectivity index (χ0) is 10.2. The van der Waals surface area contributed by atoms with Crippen LogP contribution in [0.3, 0.4) is 0 Å². The largest absolute Gasteiger partial charge is 0.338 e. The molecule has 0 spiro atoms. The highest BCUT2D eigenvalue weighted by Gasteiger charge is 1.96. The highest BCUT2D eigenvalue weighted by atomic mass is 17.2. The highest BCUT2D eigenvalue weighted by Crippen LogP contribution is 2.17. The Hall–Kier alpha value is -1.26. The molecule has 0 saturated heterocycles. The molecule has 0 unspecified atom stereocenters. The molecular formula is C10H14O4. The SMILES string of the molecule is CCOOc1ccc(OOCC)cc1. The molecule has 78 valence electrons. The fourth-order valence-electron chi connectivity index (χ4n) is 0.805. The molecule has 4 nitrogen and oxygen atoms in total. The molecule has 0 aliphatic carbocycles. The molecule has 14 heavy (non-hydrogen) atoms. The Balaban J connectivity index is 2.42. The molecule has 0 saturated carbocycles. The maximum absolute atomic E-state index is 4.92. The lowest BCUT2D eigenvalue weighted by Crippen LogP contribution is -1.97. The standard InChI is InChI=1S/C10H14O4/c1-3-11-13-9-5-7-10(8-6-9)14-12-4-2/h5-8H,3-4H2,1-2H3. The van der Waals surface area contributed by atoms with Gasteiger partial charge in [-0.2, -0.15) is 9.78 Å². The van der Waals surface area contributed by atoms with Crippen molar-refractivity contribution in [2.75, 3.05) is 13.2 Å². The number of rotatable bonds is 6. The molecule has 0 N–H and O–H groups in total. The molecule has 0 atom stereocenters. The molecule has 0 heterocycles. The highest BCUT2D eigenvalue weighted by molar-refractivity contribution is 5.30. The van der Waals surface area contributed by atoms with Crippen LogP contribution in [0.1, 0.15) is 13.8 Å². The van der Waals surface area contributed by atoms with Gasteiger partial charge in [0.25, 0.3) is 0 Å². The number of hydrogen-bond donors (Lipinski definition) is 0. The van der Waals surface area contributed by atoms with Crippen LogP contribution < -0.4 is 9.78 Å². The van der Waals surface area contributed by atoms with Crippen molar-refractivity contribution in [3.8, 4) is 11.5 Å². The van der Waals surface area contributed by atoms with Crippen molar-refractivity contribution in [1.82, 2.24) is 0 Å². The van der Waals surface area contributed by atoms with Crippen LogP contribution in [0.5, 0.6) is 11.5 Å². The first-order valence-electron chi connectivity index (χ1n) is 4.55. The second kappa shape index (κ2) is 6.23. The Morgan fingerprint density at radius 1 is 0.786 bits per heavy atom. The van der Waals surface area contributed by atoms with Crippen LogP contribution in [0.25, 0.3) is 0 Å². The molecule has 0 radical (unpaired) electrons. The molecule has 0 fully saturated rings. The minimum atomic E-state index is 0.511. The van der Waals surface area contributed by atoms with Crippen molar-refractivity contribution in [3.05, 3.63) is 24.3 Å². The fraction of sp³-hybridized carbons (Fsp3) is 0.400. The molecule has 1 aromatic rings. The van der Waals surface area contributed by atoms with Gasteiger partial charge in [-0.15, -0.1) is 0 Å². The van der Waals surface area contributed by atoms with E-state index in [9.17, 15) is 0 Å². The lowest BCUT2D eigenvalue weighted by molar-refractivity contribution is -0.204. The van der Waals surface area contributed by atoms with Gasteiger partial charge < -0.3 is 9.78 Å². The van der Waals surface area contributed by atoms with Crippen LogP contribution in [0.2, 0.25) is 0 Å². The predicted molar refractivity (Wildman–Crippen MR) is 51.0 cm³/mol. The third-order valence-electron chi connectivity index (χ3n) is 1.37. The number of benzene rings is 1. The lowest BCUT2D eigenvalue weighted by Gasteiger charge is -2.04. The molecule has 0 aromatic heterocycles. The quantitative estimate of drug-likeness (QED) is 0.519. The van der Waals surface area contributed by atoms with Gasteiger partial charge in [0, 0.05) is 0 Å². The molecule has 1 rings (SSSR count). The summed E-state index contributed by atoms with van der Waals surface area (Å²) in [4.78, 5) is 19.4. The summed E-state index contributed by atoms with van der Waals surface area (Å²) in [6.07, 6.45) is 0. The average Bonchev–Trinajstić information content (AvgIpc) is 2.25. The summed E-state index contributed by atoms with van der Waals surface area (Å²) in [5, 5.41) is 0. The first kappa shape index (κ1) is 10.8. The van der Waals surface area contributed by atoms with Crippen molar-refractivity contribution in [2.24, 2.45) is 0 Å². The van der Waals surface area contributed by atoms with Gasteiger partial charge in [-0.05, 0) is 38.1 Å². The van der Waals surface area contributed by atoms with Crippen LogP contribution in [-0.4, -0.2) is 13.2 Å². The van der Waals surface area contributed by atoms with Gasteiger partial charge >= 0.3 is 0 Å². The second-order valence-electron chi connectivity index (χ2n) is 2.45. The summed E-state index contributed by atoms with van der Waals surface area (Å²) >= 11 is 0. The zero-order valence-electron chi connectivity index (χ0n) is 8.36. The van der Waals surface area contributed by atoms with Crippen LogP contribution in [0, 0.1) is 0 Å². The van der Waals surface area contributed by atoms with Gasteiger partial charge in [0.05, 0.1) is 13.2 Å². The normalized spacial score (nSPS) is 9.86. The van der Waals surface area contributed by atoms with E-state index >= 15 is 0 Å². The summed E-state index contributed by atoms with van der Waals surface area (Å²) in [5.41, 5.74) is 0. The van der Waals surface area contributed by atoms with Crippen molar-refractivity contribution in [3.63, 3.8) is 0 Å². The van der Waals surface area contributed by atoms with Gasteiger partial charge in [-0.3, -0.25) is 0 Å². The Morgan fingerprint density at radius 2 is 1.14 bits per heavy atom. The van der Waals surface area contributed by atoms with E-state index in [4.69, 9.17) is 19.6 Å². The van der Waals surface area contributed by atoms with Crippen molar-refractivity contribution >= 4 is 0 Å². The van der Waals surface area contributed by atoms with E-state index in [1.54, 1.807) is 24.3 Å². The van der Waals surface area contributed by atoms with Gasteiger partial charge in [0.2, 0.25) is 0 Å². The fourth-order valence-corrected chi connectivity index (χ4v) is 0.805. The molecule has 0 aliphatic heterocycles. The van der Waals surface area contributed by atoms with Gasteiger partial charge in [0.1, 0.15) is 0 Å². The van der Waals surface area contributed by atoms with Crippen molar-refractivity contribution in [1.29, 1.82) is 0 Å². The smallest absolute Gasteiger partial charge is 0.165 e. The van der Waals surface area contributed by atoms with Gasteiger partial charge in [-0.1, -0.05) is 0 Å². The van der Waals surface area contributed by atoms with Crippen molar-refractivity contribution in [2.45, 2.75) is 13.8 Å². The molecule has 0 bridgehead atoms. The van der Waals surface area contributed by atoms with E-state index in [1.165, 1.54) is 0 Å². The summed E-state index contributed by atoms with van der Waals surface area (Å²) in [6.45, 7) is 4.73. The molecule has 4 heteroatoms. The van der Waals surface area contributed by atoms with Crippen LogP contribution in [0.15, 0.2) is 24.3 Å². The van der Waals surface area contributed by atoms with Gasteiger partial charge in [0.15, 0.2) is 11.5 Å². The monoisotopic (exact) mass is 198 g/mol. The van der Waals surface area contributed by atoms with E-state index in [0.29, 0.717) is 24.7 Å². The first-order chi connectivity index (χ1) is 6.86. The maximum Gasteiger partial charge on any atom is 0.165 e. The third-order valence-corrected chi connectivity index (χ3v) is 1.37. The molecular weight excluding hydrogens is 184 g/mol.